The minimum absolute atomic E-state index is 0.0368. The average Bonchev–Trinajstić information content (AvgIpc) is 2.24. The largest absolute Gasteiger partial charge is 0.574 e. The molecule has 0 spiro atoms. The number of methoxy groups -OCH3 is 1. The second-order valence-corrected chi connectivity index (χ2v) is 3.18. The van der Waals surface area contributed by atoms with Crippen LogP contribution in [0.4, 0.5) is 30.7 Å². The highest BCUT2D eigenvalue weighted by atomic mass is 19.4. The zero-order chi connectivity index (χ0) is 14.8. The summed E-state index contributed by atoms with van der Waals surface area (Å²) in [5.74, 6) is -2.30. The predicted molar refractivity (Wildman–Crippen MR) is 47.3 cm³/mol. The third kappa shape index (κ3) is 3.86. The quantitative estimate of drug-likeness (QED) is 0.800. The average molecular weight is 293 g/mol. The van der Waals surface area contributed by atoms with Gasteiger partial charge < -0.3 is 9.47 Å². The highest BCUT2D eigenvalue weighted by molar-refractivity contribution is 5.40. The molecule has 0 atom stereocenters. The summed E-state index contributed by atoms with van der Waals surface area (Å²) in [5, 5.41) is 0. The minimum Gasteiger partial charge on any atom is -0.481 e. The highest BCUT2D eigenvalue weighted by Gasteiger charge is 2.38. The lowest BCUT2D eigenvalue weighted by atomic mass is 10.1. The Balaban J connectivity index is 3.39. The first-order chi connectivity index (χ1) is 8.58. The van der Waals surface area contributed by atoms with E-state index in [0.717, 1.165) is 7.11 Å². The van der Waals surface area contributed by atoms with Crippen LogP contribution < -0.4 is 9.47 Å². The summed E-state index contributed by atoms with van der Waals surface area (Å²) in [6.07, 6.45) is -10.3. The lowest BCUT2D eigenvalue weighted by Crippen LogP contribution is -2.19. The van der Waals surface area contributed by atoms with Gasteiger partial charge in [-0.1, -0.05) is 0 Å². The fourth-order valence-corrected chi connectivity index (χ4v) is 1.25. The monoisotopic (exact) mass is 293 g/mol. The molecule has 0 fully saturated rings. The molecule has 10 heteroatoms. The van der Waals surface area contributed by atoms with Crippen molar-refractivity contribution in [3.05, 3.63) is 17.2 Å². The van der Waals surface area contributed by atoms with Crippen molar-refractivity contribution in [2.24, 2.45) is 0 Å². The van der Waals surface area contributed by atoms with Crippen LogP contribution in [0.2, 0.25) is 0 Å². The highest BCUT2D eigenvalue weighted by Crippen LogP contribution is 2.38. The molecule has 19 heavy (non-hydrogen) atoms. The van der Waals surface area contributed by atoms with Gasteiger partial charge in [-0.05, 0) is 0 Å². The number of halogens is 7. The van der Waals surface area contributed by atoms with Gasteiger partial charge in [0.1, 0.15) is 6.67 Å². The molecule has 3 nitrogen and oxygen atoms in total. The molecule has 1 aromatic heterocycles. The second kappa shape index (κ2) is 5.10. The smallest absolute Gasteiger partial charge is 0.481 e. The molecule has 0 aliphatic heterocycles. The Morgan fingerprint density at radius 1 is 1.16 bits per heavy atom. The first-order valence-corrected chi connectivity index (χ1v) is 4.55. The molecule has 0 aliphatic rings. The van der Waals surface area contributed by atoms with Crippen LogP contribution in [-0.4, -0.2) is 18.5 Å². The Bertz CT molecular complexity index is 455. The number of rotatable bonds is 3. The summed E-state index contributed by atoms with van der Waals surface area (Å²) in [6, 6.07) is -0.0368. The number of hydrogen-bond donors (Lipinski definition) is 0. The fraction of sp³-hybridized carbons (Fsp3) is 0.444. The van der Waals surface area contributed by atoms with Gasteiger partial charge >= 0.3 is 12.5 Å². The summed E-state index contributed by atoms with van der Waals surface area (Å²) in [6.45, 7) is -1.60. The first kappa shape index (κ1) is 15.3. The van der Waals surface area contributed by atoms with Crippen LogP contribution >= 0.6 is 0 Å². The van der Waals surface area contributed by atoms with E-state index in [4.69, 9.17) is 0 Å². The van der Waals surface area contributed by atoms with E-state index in [9.17, 15) is 30.7 Å². The molecule has 0 N–H and O–H groups in total. The lowest BCUT2D eigenvalue weighted by Gasteiger charge is -2.16. The molecule has 0 amide bonds. The van der Waals surface area contributed by atoms with Gasteiger partial charge in [-0.25, -0.2) is 4.39 Å². The molecular formula is C9H6F7NO2. The normalized spacial score (nSPS) is 12.4. The van der Waals surface area contributed by atoms with Crippen LogP contribution in [0.3, 0.4) is 0 Å². The SMILES string of the molecule is COc1nc(OC(F)(F)F)cc(C(F)(F)F)c1CF. The third-order valence-electron chi connectivity index (χ3n) is 1.92. The topological polar surface area (TPSA) is 31.4 Å². The minimum atomic E-state index is -5.22. The van der Waals surface area contributed by atoms with E-state index in [0.29, 0.717) is 0 Å². The molecule has 0 saturated carbocycles. The molecule has 0 bridgehead atoms. The zero-order valence-corrected chi connectivity index (χ0v) is 9.19. The van der Waals surface area contributed by atoms with Crippen LogP contribution in [0.15, 0.2) is 6.07 Å². The molecule has 1 aromatic rings. The summed E-state index contributed by atoms with van der Waals surface area (Å²) >= 11 is 0. The van der Waals surface area contributed by atoms with Gasteiger partial charge in [-0.3, -0.25) is 0 Å². The molecule has 108 valence electrons. The number of nitrogens with zero attached hydrogens (tertiary/aromatic N) is 1. The van der Waals surface area contributed by atoms with Crippen molar-refractivity contribution in [3.8, 4) is 11.8 Å². The summed E-state index contributed by atoms with van der Waals surface area (Å²) in [4.78, 5) is 3.02. The Morgan fingerprint density at radius 3 is 2.11 bits per heavy atom. The molecule has 1 rings (SSSR count). The Labute approximate surface area is 101 Å². The zero-order valence-electron chi connectivity index (χ0n) is 9.19. The number of hydrogen-bond acceptors (Lipinski definition) is 3. The van der Waals surface area contributed by atoms with Crippen molar-refractivity contribution in [1.29, 1.82) is 0 Å². The molecule has 0 aliphatic carbocycles. The number of pyridine rings is 1. The summed E-state index contributed by atoms with van der Waals surface area (Å²) in [5.41, 5.74) is -2.63. The van der Waals surface area contributed by atoms with Crippen molar-refractivity contribution in [2.75, 3.05) is 7.11 Å². The molecule has 0 radical (unpaired) electrons. The maximum Gasteiger partial charge on any atom is 0.574 e. The maximum atomic E-state index is 12.6. The molecule has 0 saturated heterocycles. The van der Waals surface area contributed by atoms with E-state index in [-0.39, 0.29) is 6.07 Å². The van der Waals surface area contributed by atoms with Crippen molar-refractivity contribution in [2.45, 2.75) is 19.2 Å². The van der Waals surface area contributed by atoms with E-state index < -0.39 is 42.1 Å². The molecular weight excluding hydrogens is 287 g/mol. The fourth-order valence-electron chi connectivity index (χ4n) is 1.25. The van der Waals surface area contributed by atoms with E-state index in [1.54, 1.807) is 0 Å². The second-order valence-electron chi connectivity index (χ2n) is 3.18. The lowest BCUT2D eigenvalue weighted by molar-refractivity contribution is -0.276. The maximum absolute atomic E-state index is 12.6. The van der Waals surface area contributed by atoms with Gasteiger partial charge in [0.15, 0.2) is 0 Å². The first-order valence-electron chi connectivity index (χ1n) is 4.55. The summed E-state index contributed by atoms with van der Waals surface area (Å²) < 4.78 is 93.7. The van der Waals surface area contributed by atoms with Crippen LogP contribution in [0.5, 0.6) is 11.8 Å². The van der Waals surface area contributed by atoms with Crippen LogP contribution in [-0.2, 0) is 12.9 Å². The molecule has 0 unspecified atom stereocenters. The van der Waals surface area contributed by atoms with Gasteiger partial charge in [0.05, 0.1) is 18.2 Å². The van der Waals surface area contributed by atoms with Gasteiger partial charge in [-0.2, -0.15) is 18.2 Å². The van der Waals surface area contributed by atoms with E-state index in [1.165, 1.54) is 0 Å². The number of ether oxygens (including phenoxy) is 2. The van der Waals surface area contributed by atoms with Crippen molar-refractivity contribution >= 4 is 0 Å². The Kier molecular flexibility index (Phi) is 4.11. The Morgan fingerprint density at radius 2 is 1.74 bits per heavy atom. The van der Waals surface area contributed by atoms with Crippen LogP contribution in [0, 0.1) is 0 Å². The number of alkyl halides is 7. The third-order valence-corrected chi connectivity index (χ3v) is 1.92. The van der Waals surface area contributed by atoms with Crippen LogP contribution in [0.1, 0.15) is 11.1 Å². The van der Waals surface area contributed by atoms with E-state index >= 15 is 0 Å². The molecule has 1 heterocycles. The number of aromatic nitrogens is 1. The van der Waals surface area contributed by atoms with Crippen molar-refractivity contribution in [3.63, 3.8) is 0 Å². The standard InChI is InChI=1S/C9H6F7NO2/c1-18-7-4(3-10)5(8(11,12)13)2-6(17-7)19-9(14,15)16/h2H,3H2,1H3. The van der Waals surface area contributed by atoms with Gasteiger partial charge in [-0.15, -0.1) is 13.2 Å². The Hall–Kier alpha value is -1.74. The van der Waals surface area contributed by atoms with Crippen molar-refractivity contribution in [1.82, 2.24) is 4.98 Å². The van der Waals surface area contributed by atoms with Crippen molar-refractivity contribution < 1.29 is 40.2 Å². The molecule has 0 aromatic carbocycles. The predicted octanol–water partition coefficient (Wildman–Crippen LogP) is 3.48. The van der Waals surface area contributed by atoms with Gasteiger partial charge in [0.25, 0.3) is 0 Å². The summed E-state index contributed by atoms with van der Waals surface area (Å²) in [7, 11) is 0.846. The van der Waals surface area contributed by atoms with Gasteiger partial charge in [0.2, 0.25) is 11.8 Å². The van der Waals surface area contributed by atoms with Gasteiger partial charge in [0, 0.05) is 6.07 Å². The van der Waals surface area contributed by atoms with E-state index in [2.05, 4.69) is 14.5 Å². The van der Waals surface area contributed by atoms with E-state index in [1.807, 2.05) is 0 Å². The van der Waals surface area contributed by atoms with Crippen LogP contribution in [0.25, 0.3) is 0 Å².